The molecule has 0 fully saturated rings. The maximum Gasteiger partial charge on any atom is 0.226 e. The van der Waals surface area contributed by atoms with Crippen LogP contribution in [0.15, 0.2) is 23.8 Å². The molecule has 7 heteroatoms. The van der Waals surface area contributed by atoms with Crippen molar-refractivity contribution in [2.24, 2.45) is 0 Å². The molecule has 98 valence electrons. The van der Waals surface area contributed by atoms with Gasteiger partial charge in [-0.05, 0) is 17.9 Å². The van der Waals surface area contributed by atoms with Gasteiger partial charge in [0.15, 0.2) is 5.82 Å². The third-order valence-electron chi connectivity index (χ3n) is 2.61. The molecule has 0 aliphatic heterocycles. The van der Waals surface area contributed by atoms with E-state index in [9.17, 15) is 0 Å². The third kappa shape index (κ3) is 2.41. The van der Waals surface area contributed by atoms with E-state index >= 15 is 0 Å². The molecule has 3 heterocycles. The van der Waals surface area contributed by atoms with Crippen LogP contribution in [0.1, 0.15) is 13.3 Å². The number of nitrogens with one attached hydrogen (secondary N) is 1. The second kappa shape index (κ2) is 5.14. The average Bonchev–Trinajstić information content (AvgIpc) is 3.03. The molecular weight excluding hydrogens is 282 g/mol. The lowest BCUT2D eigenvalue weighted by Crippen LogP contribution is -2.07. The predicted molar refractivity (Wildman–Crippen MR) is 78.3 cm³/mol. The van der Waals surface area contributed by atoms with Crippen LogP contribution in [0.25, 0.3) is 16.0 Å². The van der Waals surface area contributed by atoms with Crippen LogP contribution in [0.5, 0.6) is 0 Å². The first kappa shape index (κ1) is 12.4. The minimum atomic E-state index is 0.588. The molecule has 3 rings (SSSR count). The van der Waals surface area contributed by atoms with Gasteiger partial charge < -0.3 is 5.32 Å². The van der Waals surface area contributed by atoms with Crippen LogP contribution in [0, 0.1) is 0 Å². The Hall–Kier alpha value is -1.66. The Labute approximate surface area is 119 Å². The molecule has 0 saturated heterocycles. The van der Waals surface area contributed by atoms with E-state index in [-0.39, 0.29) is 0 Å². The lowest BCUT2D eigenvalue weighted by Gasteiger charge is -2.07. The molecule has 0 bridgehead atoms. The molecule has 0 saturated carbocycles. The first-order valence-electron chi connectivity index (χ1n) is 5.97. The summed E-state index contributed by atoms with van der Waals surface area (Å²) in [5, 5.41) is 11.0. The fourth-order valence-electron chi connectivity index (χ4n) is 1.75. The van der Waals surface area contributed by atoms with Crippen LogP contribution in [-0.2, 0) is 0 Å². The second-order valence-corrected chi connectivity index (χ2v) is 5.37. The molecule has 0 unspecified atom stereocenters. The summed E-state index contributed by atoms with van der Waals surface area (Å²) < 4.78 is 1.68. The highest BCUT2D eigenvalue weighted by Crippen LogP contribution is 2.25. The van der Waals surface area contributed by atoms with Gasteiger partial charge in [-0.25, -0.2) is 9.67 Å². The Morgan fingerprint density at radius 1 is 1.42 bits per heavy atom. The van der Waals surface area contributed by atoms with Gasteiger partial charge >= 0.3 is 0 Å². The van der Waals surface area contributed by atoms with Gasteiger partial charge in [-0.1, -0.05) is 18.5 Å². The number of thiophene rings is 1. The van der Waals surface area contributed by atoms with Crippen molar-refractivity contribution in [1.82, 2.24) is 19.7 Å². The largest absolute Gasteiger partial charge is 0.354 e. The average molecular weight is 294 g/mol. The van der Waals surface area contributed by atoms with Gasteiger partial charge in [0.25, 0.3) is 0 Å². The summed E-state index contributed by atoms with van der Waals surface area (Å²) in [5.74, 6) is 1.37. The summed E-state index contributed by atoms with van der Waals surface area (Å²) in [6.07, 6.45) is 4.36. The van der Waals surface area contributed by atoms with Crippen LogP contribution >= 0.6 is 22.9 Å². The summed E-state index contributed by atoms with van der Waals surface area (Å²) in [6, 6.07) is 1.99. The molecule has 19 heavy (non-hydrogen) atoms. The Bertz CT molecular complexity index is 705. The smallest absolute Gasteiger partial charge is 0.226 e. The number of rotatable bonds is 4. The summed E-state index contributed by atoms with van der Waals surface area (Å²) >= 11 is 7.50. The van der Waals surface area contributed by atoms with E-state index in [1.807, 2.05) is 11.4 Å². The molecule has 0 amide bonds. The van der Waals surface area contributed by atoms with Gasteiger partial charge in [0.05, 0.1) is 22.8 Å². The topological polar surface area (TPSA) is 55.6 Å². The molecule has 0 aliphatic rings. The summed E-state index contributed by atoms with van der Waals surface area (Å²) in [4.78, 5) is 9.95. The predicted octanol–water partition coefficient (Wildman–Crippen LogP) is 3.35. The fraction of sp³-hybridized carbons (Fsp3) is 0.250. The lowest BCUT2D eigenvalue weighted by atomic mass is 10.4. The molecule has 0 atom stereocenters. The lowest BCUT2D eigenvalue weighted by molar-refractivity contribution is 0.848. The Balaban J connectivity index is 2.12. The molecule has 0 radical (unpaired) electrons. The quantitative estimate of drug-likeness (QED) is 0.801. The maximum absolute atomic E-state index is 5.92. The number of hydrogen-bond acceptors (Lipinski definition) is 5. The van der Waals surface area contributed by atoms with Gasteiger partial charge in [0, 0.05) is 6.54 Å². The molecular formula is C12H12ClN5S. The molecule has 3 aromatic rings. The normalized spacial score (nSPS) is 11.1. The second-order valence-electron chi connectivity index (χ2n) is 4.04. The number of halogens is 1. The Morgan fingerprint density at radius 3 is 3.05 bits per heavy atom. The first-order chi connectivity index (χ1) is 9.28. The highest BCUT2D eigenvalue weighted by atomic mass is 35.5. The third-order valence-corrected chi connectivity index (χ3v) is 3.61. The van der Waals surface area contributed by atoms with E-state index < -0.39 is 0 Å². The number of nitrogens with zero attached hydrogens (tertiary/aromatic N) is 4. The van der Waals surface area contributed by atoms with Crippen molar-refractivity contribution in [3.05, 3.63) is 28.9 Å². The van der Waals surface area contributed by atoms with Crippen LogP contribution in [0.4, 0.5) is 5.95 Å². The molecule has 0 aromatic carbocycles. The fourth-order valence-corrected chi connectivity index (χ4v) is 2.64. The van der Waals surface area contributed by atoms with E-state index in [2.05, 4.69) is 27.3 Å². The highest BCUT2D eigenvalue weighted by molar-refractivity contribution is 7.16. The van der Waals surface area contributed by atoms with Crippen molar-refractivity contribution < 1.29 is 0 Å². The molecule has 5 nitrogen and oxygen atoms in total. The minimum Gasteiger partial charge on any atom is -0.354 e. The zero-order chi connectivity index (χ0) is 13.2. The first-order valence-corrected chi connectivity index (χ1v) is 7.23. The van der Waals surface area contributed by atoms with E-state index in [4.69, 9.17) is 11.6 Å². The van der Waals surface area contributed by atoms with Crippen LogP contribution < -0.4 is 5.32 Å². The Morgan fingerprint density at radius 2 is 2.32 bits per heavy atom. The SMILES string of the molecule is CCCNc1nc(-n2cc(Cl)cn2)c2ccsc2n1. The van der Waals surface area contributed by atoms with E-state index in [1.54, 1.807) is 28.4 Å². The zero-order valence-electron chi connectivity index (χ0n) is 10.3. The van der Waals surface area contributed by atoms with Crippen molar-refractivity contribution >= 4 is 39.1 Å². The monoisotopic (exact) mass is 293 g/mol. The van der Waals surface area contributed by atoms with Crippen LogP contribution in [0.3, 0.4) is 0 Å². The summed E-state index contributed by atoms with van der Waals surface area (Å²) in [6.45, 7) is 2.95. The van der Waals surface area contributed by atoms with Gasteiger partial charge in [-0.2, -0.15) is 10.1 Å². The van der Waals surface area contributed by atoms with Gasteiger partial charge in [0.1, 0.15) is 4.83 Å². The zero-order valence-corrected chi connectivity index (χ0v) is 11.9. The maximum atomic E-state index is 5.92. The van der Waals surface area contributed by atoms with Crippen molar-refractivity contribution in [2.75, 3.05) is 11.9 Å². The molecule has 1 N–H and O–H groups in total. The van der Waals surface area contributed by atoms with Gasteiger partial charge in [-0.15, -0.1) is 11.3 Å². The standard InChI is InChI=1S/C12H12ClN5S/c1-2-4-14-12-16-10(18-7-8(13)6-15-18)9-3-5-19-11(9)17-12/h3,5-7H,2,4H2,1H3,(H,14,16,17). The summed E-state index contributed by atoms with van der Waals surface area (Å²) in [5.41, 5.74) is 0. The van der Waals surface area contributed by atoms with E-state index in [0.29, 0.717) is 11.0 Å². The van der Waals surface area contributed by atoms with Crippen molar-refractivity contribution in [2.45, 2.75) is 13.3 Å². The summed E-state index contributed by atoms with van der Waals surface area (Å²) in [7, 11) is 0. The highest BCUT2D eigenvalue weighted by Gasteiger charge is 2.11. The number of hydrogen-bond donors (Lipinski definition) is 1. The molecule has 0 aliphatic carbocycles. The van der Waals surface area contributed by atoms with Gasteiger partial charge in [-0.3, -0.25) is 0 Å². The minimum absolute atomic E-state index is 0.588. The van der Waals surface area contributed by atoms with Crippen molar-refractivity contribution in [1.29, 1.82) is 0 Å². The molecule has 3 aromatic heterocycles. The number of fused-ring (bicyclic) bond motifs is 1. The number of anilines is 1. The van der Waals surface area contributed by atoms with E-state index in [0.717, 1.165) is 29.0 Å². The number of aromatic nitrogens is 4. The Kier molecular flexibility index (Phi) is 3.35. The van der Waals surface area contributed by atoms with E-state index in [1.165, 1.54) is 0 Å². The van der Waals surface area contributed by atoms with Crippen molar-refractivity contribution in [3.8, 4) is 5.82 Å². The van der Waals surface area contributed by atoms with Gasteiger partial charge in [0.2, 0.25) is 5.95 Å². The molecule has 0 spiro atoms. The van der Waals surface area contributed by atoms with Crippen LogP contribution in [-0.4, -0.2) is 26.3 Å². The van der Waals surface area contributed by atoms with Crippen molar-refractivity contribution in [3.63, 3.8) is 0 Å². The van der Waals surface area contributed by atoms with Crippen LogP contribution in [0.2, 0.25) is 5.02 Å².